The highest BCUT2D eigenvalue weighted by molar-refractivity contribution is 7.89. The second-order valence-electron chi connectivity index (χ2n) is 7.07. The van der Waals surface area contributed by atoms with Gasteiger partial charge in [0.25, 0.3) is 10.0 Å². The highest BCUT2D eigenvalue weighted by Gasteiger charge is 2.35. The molecule has 1 amide bonds. The van der Waals surface area contributed by atoms with Crippen LogP contribution in [0.5, 0.6) is 0 Å². The molecule has 30 heavy (non-hydrogen) atoms. The van der Waals surface area contributed by atoms with E-state index < -0.39 is 16.0 Å². The van der Waals surface area contributed by atoms with Crippen LogP contribution in [-0.4, -0.2) is 61.2 Å². The Labute approximate surface area is 175 Å². The first-order valence-electron chi connectivity index (χ1n) is 9.74. The minimum atomic E-state index is -3.88. The second-order valence-corrected chi connectivity index (χ2v) is 8.94. The summed E-state index contributed by atoms with van der Waals surface area (Å²) in [5.41, 5.74) is 0.982. The van der Waals surface area contributed by atoms with Crippen molar-refractivity contribution in [2.24, 2.45) is 5.92 Å². The van der Waals surface area contributed by atoms with E-state index in [0.29, 0.717) is 19.4 Å². The predicted molar refractivity (Wildman–Crippen MR) is 107 cm³/mol. The Kier molecular flexibility index (Phi) is 6.88. The number of carbonyl (C=O) groups is 2. The van der Waals surface area contributed by atoms with Gasteiger partial charge in [0.2, 0.25) is 16.8 Å². The number of piperidine rings is 1. The number of furan rings is 1. The molecule has 0 aromatic carbocycles. The molecular weight excluding hydrogens is 410 g/mol. The number of nitrogens with zero attached hydrogens (tertiary/aromatic N) is 3. The molecule has 0 atom stereocenters. The molecule has 2 aromatic rings. The highest BCUT2D eigenvalue weighted by Crippen LogP contribution is 2.26. The van der Waals surface area contributed by atoms with Crippen molar-refractivity contribution in [3.63, 3.8) is 0 Å². The van der Waals surface area contributed by atoms with Gasteiger partial charge in [-0.15, -0.1) is 0 Å². The molecule has 1 aliphatic heterocycles. The summed E-state index contributed by atoms with van der Waals surface area (Å²) in [4.78, 5) is 30.1. The van der Waals surface area contributed by atoms with Crippen LogP contribution < -0.4 is 0 Å². The molecule has 0 saturated carbocycles. The van der Waals surface area contributed by atoms with E-state index in [0.717, 1.165) is 5.56 Å². The van der Waals surface area contributed by atoms with E-state index in [9.17, 15) is 18.0 Å². The topological polar surface area (TPSA) is 110 Å². The Balaban J connectivity index is 1.59. The Morgan fingerprint density at radius 3 is 2.50 bits per heavy atom. The zero-order valence-corrected chi connectivity index (χ0v) is 17.8. The number of ether oxygens (including phenoxy) is 1. The smallest absolute Gasteiger partial charge is 0.374 e. The van der Waals surface area contributed by atoms with Crippen LogP contribution in [0.15, 0.2) is 46.2 Å². The molecule has 9 nitrogen and oxygen atoms in total. The summed E-state index contributed by atoms with van der Waals surface area (Å²) >= 11 is 0. The molecule has 2 aromatic heterocycles. The summed E-state index contributed by atoms with van der Waals surface area (Å²) in [6, 6.07) is 6.25. The third-order valence-corrected chi connectivity index (χ3v) is 6.77. The quantitative estimate of drug-likeness (QED) is 0.611. The van der Waals surface area contributed by atoms with E-state index in [1.54, 1.807) is 31.3 Å². The van der Waals surface area contributed by atoms with Gasteiger partial charge < -0.3 is 14.1 Å². The molecule has 3 heterocycles. The van der Waals surface area contributed by atoms with Crippen molar-refractivity contribution < 1.29 is 27.2 Å². The Hall–Kier alpha value is -2.72. The number of aromatic nitrogens is 1. The van der Waals surface area contributed by atoms with Crippen molar-refractivity contribution in [1.82, 2.24) is 14.2 Å². The standard InChI is InChI=1S/C20H25N3O6S/c1-3-28-20(25)17-4-5-18(29-17)30(26,27)23-12-8-16(9-13-23)19(24)22(2)14-15-6-10-21-11-7-15/h4-7,10-11,16H,3,8-9,12-14H2,1-2H3. The van der Waals surface area contributed by atoms with Gasteiger partial charge in [-0.25, -0.2) is 13.2 Å². The van der Waals surface area contributed by atoms with Crippen LogP contribution in [-0.2, 0) is 26.1 Å². The minimum Gasteiger partial charge on any atom is -0.460 e. The van der Waals surface area contributed by atoms with Crippen LogP contribution in [0.25, 0.3) is 0 Å². The van der Waals surface area contributed by atoms with Gasteiger partial charge in [0, 0.05) is 45.0 Å². The van der Waals surface area contributed by atoms with Gasteiger partial charge in [-0.3, -0.25) is 9.78 Å². The first kappa shape index (κ1) is 22.0. The lowest BCUT2D eigenvalue weighted by Gasteiger charge is -2.32. The molecule has 0 bridgehead atoms. The van der Waals surface area contributed by atoms with Crippen LogP contribution in [0.3, 0.4) is 0 Å². The number of carbonyl (C=O) groups excluding carboxylic acids is 2. The average Bonchev–Trinajstić information content (AvgIpc) is 3.25. The van der Waals surface area contributed by atoms with E-state index in [4.69, 9.17) is 9.15 Å². The molecular formula is C20H25N3O6S. The second kappa shape index (κ2) is 9.40. The number of amides is 1. The fourth-order valence-corrected chi connectivity index (χ4v) is 4.77. The summed E-state index contributed by atoms with van der Waals surface area (Å²) in [5.74, 6) is -1.11. The van der Waals surface area contributed by atoms with Gasteiger partial charge in [-0.2, -0.15) is 4.31 Å². The zero-order chi connectivity index (χ0) is 21.7. The summed E-state index contributed by atoms with van der Waals surface area (Å²) in [6.45, 7) is 2.70. The van der Waals surface area contributed by atoms with Crippen molar-refractivity contribution >= 4 is 21.9 Å². The SMILES string of the molecule is CCOC(=O)c1ccc(S(=O)(=O)N2CCC(C(=O)N(C)Cc3ccncc3)CC2)o1. The van der Waals surface area contributed by atoms with E-state index in [1.165, 1.54) is 16.4 Å². The van der Waals surface area contributed by atoms with Gasteiger partial charge in [0.1, 0.15) is 0 Å². The maximum absolute atomic E-state index is 12.8. The van der Waals surface area contributed by atoms with E-state index in [-0.39, 0.29) is 42.4 Å². The van der Waals surface area contributed by atoms with Crippen molar-refractivity contribution in [3.8, 4) is 0 Å². The Bertz CT molecular complexity index is 981. The molecule has 1 aliphatic rings. The van der Waals surface area contributed by atoms with E-state index >= 15 is 0 Å². The maximum atomic E-state index is 12.8. The van der Waals surface area contributed by atoms with Crippen LogP contribution >= 0.6 is 0 Å². The van der Waals surface area contributed by atoms with Gasteiger partial charge in [-0.1, -0.05) is 0 Å². The lowest BCUT2D eigenvalue weighted by molar-refractivity contribution is -0.135. The number of esters is 1. The van der Waals surface area contributed by atoms with Crippen LogP contribution in [0, 0.1) is 5.92 Å². The van der Waals surface area contributed by atoms with E-state index in [1.807, 2.05) is 12.1 Å². The number of hydrogen-bond acceptors (Lipinski definition) is 7. The lowest BCUT2D eigenvalue weighted by Crippen LogP contribution is -2.43. The predicted octanol–water partition coefficient (Wildman–Crippen LogP) is 1.91. The number of hydrogen-bond donors (Lipinski definition) is 0. The first-order chi connectivity index (χ1) is 14.3. The summed E-state index contributed by atoms with van der Waals surface area (Å²) < 4.78 is 36.9. The Morgan fingerprint density at radius 1 is 1.20 bits per heavy atom. The third-order valence-electron chi connectivity index (χ3n) is 5.00. The van der Waals surface area contributed by atoms with Crippen molar-refractivity contribution in [3.05, 3.63) is 48.0 Å². The number of rotatable bonds is 7. The van der Waals surface area contributed by atoms with Crippen molar-refractivity contribution in [2.75, 3.05) is 26.7 Å². The molecule has 1 fully saturated rings. The fraction of sp³-hybridized carbons (Fsp3) is 0.450. The molecule has 0 spiro atoms. The minimum absolute atomic E-state index is 0.00791. The largest absolute Gasteiger partial charge is 0.460 e. The van der Waals surface area contributed by atoms with Crippen LogP contribution in [0.1, 0.15) is 35.9 Å². The fourth-order valence-electron chi connectivity index (χ4n) is 3.39. The monoisotopic (exact) mass is 435 g/mol. The van der Waals surface area contributed by atoms with Crippen LogP contribution in [0.2, 0.25) is 0 Å². The summed E-state index contributed by atoms with van der Waals surface area (Å²) in [5, 5.41) is -0.301. The molecule has 10 heteroatoms. The third kappa shape index (κ3) is 4.88. The molecule has 0 radical (unpaired) electrons. The first-order valence-corrected chi connectivity index (χ1v) is 11.2. The zero-order valence-electron chi connectivity index (χ0n) is 17.0. The summed E-state index contributed by atoms with van der Waals surface area (Å²) in [6.07, 6.45) is 4.20. The molecule has 1 saturated heterocycles. The molecule has 0 N–H and O–H groups in total. The normalized spacial score (nSPS) is 15.7. The van der Waals surface area contributed by atoms with Gasteiger partial charge in [0.15, 0.2) is 0 Å². The molecule has 0 unspecified atom stereocenters. The van der Waals surface area contributed by atoms with Gasteiger partial charge in [-0.05, 0) is 49.6 Å². The number of pyridine rings is 1. The Morgan fingerprint density at radius 2 is 1.87 bits per heavy atom. The lowest BCUT2D eigenvalue weighted by atomic mass is 9.96. The average molecular weight is 436 g/mol. The van der Waals surface area contributed by atoms with E-state index in [2.05, 4.69) is 4.98 Å². The molecule has 162 valence electrons. The van der Waals surface area contributed by atoms with Gasteiger partial charge >= 0.3 is 5.97 Å². The van der Waals surface area contributed by atoms with Crippen molar-refractivity contribution in [1.29, 1.82) is 0 Å². The number of sulfonamides is 1. The van der Waals surface area contributed by atoms with Gasteiger partial charge in [0.05, 0.1) is 6.61 Å². The molecule has 0 aliphatic carbocycles. The highest BCUT2D eigenvalue weighted by atomic mass is 32.2. The maximum Gasteiger partial charge on any atom is 0.374 e. The molecule has 3 rings (SSSR count). The van der Waals surface area contributed by atoms with Crippen molar-refractivity contribution in [2.45, 2.75) is 31.4 Å². The van der Waals surface area contributed by atoms with Crippen LogP contribution in [0.4, 0.5) is 0 Å². The summed E-state index contributed by atoms with van der Waals surface area (Å²) in [7, 11) is -2.14.